The summed E-state index contributed by atoms with van der Waals surface area (Å²) in [5.41, 5.74) is 4.32. The molecule has 2 aromatic rings. The van der Waals surface area contributed by atoms with Gasteiger partial charge in [0, 0.05) is 5.69 Å². The van der Waals surface area contributed by atoms with Crippen LogP contribution in [0.25, 0.3) is 0 Å². The molecule has 0 aliphatic carbocycles. The zero-order valence-electron chi connectivity index (χ0n) is 12.3. The molecule has 0 radical (unpaired) electrons. The summed E-state index contributed by atoms with van der Waals surface area (Å²) in [7, 11) is 0. The number of carbonyl (C=O) groups excluding carboxylic acids is 1. The van der Waals surface area contributed by atoms with Gasteiger partial charge in [-0.15, -0.1) is 0 Å². The highest BCUT2D eigenvalue weighted by molar-refractivity contribution is 5.93. The van der Waals surface area contributed by atoms with Gasteiger partial charge < -0.3 is 5.32 Å². The summed E-state index contributed by atoms with van der Waals surface area (Å²) in [5.74, 6) is 0.428. The first-order valence-electron chi connectivity index (χ1n) is 7.01. The summed E-state index contributed by atoms with van der Waals surface area (Å²) in [6.45, 7) is 6.29. The van der Waals surface area contributed by atoms with Gasteiger partial charge in [0.1, 0.15) is 0 Å². The molecular weight excluding hydrogens is 246 g/mol. The third-order valence-electron chi connectivity index (χ3n) is 3.47. The zero-order valence-corrected chi connectivity index (χ0v) is 12.3. The molecule has 1 N–H and O–H groups in total. The second kappa shape index (κ2) is 6.38. The fraction of sp³-hybridized carbons (Fsp3) is 0.278. The maximum atomic E-state index is 12.2. The van der Waals surface area contributed by atoms with Crippen LogP contribution in [-0.2, 0) is 11.2 Å². The molecule has 2 nitrogen and oxygen atoms in total. The van der Waals surface area contributed by atoms with Crippen LogP contribution in [0.4, 0.5) is 5.69 Å². The first-order chi connectivity index (χ1) is 9.58. The molecule has 0 aromatic heterocycles. The second-order valence-corrected chi connectivity index (χ2v) is 5.39. The van der Waals surface area contributed by atoms with Crippen LogP contribution in [0.3, 0.4) is 0 Å². The number of aryl methyl sites for hydroxylation is 1. The Hall–Kier alpha value is -2.09. The summed E-state index contributed by atoms with van der Waals surface area (Å²) in [6, 6.07) is 16.0. The molecule has 2 aromatic carbocycles. The second-order valence-electron chi connectivity index (χ2n) is 5.39. The number of para-hydroxylation sites is 1. The molecule has 0 aliphatic rings. The lowest BCUT2D eigenvalue weighted by atomic mass is 10.0. The smallest absolute Gasteiger partial charge is 0.228 e. The molecular formula is C18H21NO. The summed E-state index contributed by atoms with van der Waals surface area (Å²) >= 11 is 0. The molecule has 1 amide bonds. The van der Waals surface area contributed by atoms with Gasteiger partial charge in [0.05, 0.1) is 6.42 Å². The maximum Gasteiger partial charge on any atom is 0.228 e. The van der Waals surface area contributed by atoms with Crippen molar-refractivity contribution in [3.8, 4) is 0 Å². The molecule has 0 fully saturated rings. The van der Waals surface area contributed by atoms with E-state index in [2.05, 4.69) is 25.2 Å². The summed E-state index contributed by atoms with van der Waals surface area (Å²) < 4.78 is 0. The Morgan fingerprint density at radius 1 is 1.05 bits per heavy atom. The number of anilines is 1. The van der Waals surface area contributed by atoms with Crippen molar-refractivity contribution in [2.45, 2.75) is 33.1 Å². The Morgan fingerprint density at radius 2 is 1.70 bits per heavy atom. The molecule has 0 saturated heterocycles. The predicted molar refractivity (Wildman–Crippen MR) is 84.0 cm³/mol. The maximum absolute atomic E-state index is 12.2. The Kier molecular flexibility index (Phi) is 4.57. The molecule has 2 heteroatoms. The van der Waals surface area contributed by atoms with Gasteiger partial charge in [0.15, 0.2) is 0 Å². The van der Waals surface area contributed by atoms with Gasteiger partial charge in [-0.2, -0.15) is 0 Å². The van der Waals surface area contributed by atoms with Gasteiger partial charge in [-0.25, -0.2) is 0 Å². The fourth-order valence-electron chi connectivity index (χ4n) is 2.29. The van der Waals surface area contributed by atoms with Crippen LogP contribution in [0.15, 0.2) is 48.5 Å². The van der Waals surface area contributed by atoms with E-state index in [-0.39, 0.29) is 5.91 Å². The van der Waals surface area contributed by atoms with Crippen molar-refractivity contribution in [2.75, 3.05) is 5.32 Å². The monoisotopic (exact) mass is 267 g/mol. The van der Waals surface area contributed by atoms with Gasteiger partial charge in [-0.1, -0.05) is 56.3 Å². The standard InChI is InChI=1S/C18H21NO/c1-13(2)16-10-6-7-11-17(16)19-18(20)12-15-9-5-4-8-14(15)3/h4-11,13H,12H2,1-3H3,(H,19,20). The quantitative estimate of drug-likeness (QED) is 0.879. The molecule has 0 aliphatic heterocycles. The summed E-state index contributed by atoms with van der Waals surface area (Å²) in [6.07, 6.45) is 0.416. The molecule has 0 atom stereocenters. The molecule has 0 heterocycles. The van der Waals surface area contributed by atoms with Gasteiger partial charge in [-0.05, 0) is 35.6 Å². The van der Waals surface area contributed by atoms with E-state index in [1.54, 1.807) is 0 Å². The number of carbonyl (C=O) groups is 1. The van der Waals surface area contributed by atoms with Crippen LogP contribution in [0.5, 0.6) is 0 Å². The van der Waals surface area contributed by atoms with E-state index in [9.17, 15) is 4.79 Å². The van der Waals surface area contributed by atoms with Crippen molar-refractivity contribution in [3.63, 3.8) is 0 Å². The Morgan fingerprint density at radius 3 is 2.40 bits per heavy atom. The fourth-order valence-corrected chi connectivity index (χ4v) is 2.29. The lowest BCUT2D eigenvalue weighted by Gasteiger charge is -2.14. The van der Waals surface area contributed by atoms with Crippen molar-refractivity contribution in [2.24, 2.45) is 0 Å². The highest BCUT2D eigenvalue weighted by Gasteiger charge is 2.10. The van der Waals surface area contributed by atoms with Crippen molar-refractivity contribution in [1.82, 2.24) is 0 Å². The molecule has 104 valence electrons. The number of amides is 1. The Labute approximate surface area is 120 Å². The Bertz CT molecular complexity index is 602. The number of benzene rings is 2. The van der Waals surface area contributed by atoms with Crippen LogP contribution < -0.4 is 5.32 Å². The number of rotatable bonds is 4. The molecule has 0 bridgehead atoms. The molecule has 0 unspecified atom stereocenters. The average molecular weight is 267 g/mol. The minimum Gasteiger partial charge on any atom is -0.326 e. The highest BCUT2D eigenvalue weighted by Crippen LogP contribution is 2.23. The van der Waals surface area contributed by atoms with Gasteiger partial charge >= 0.3 is 0 Å². The Balaban J connectivity index is 2.11. The first-order valence-corrected chi connectivity index (χ1v) is 7.01. The van der Waals surface area contributed by atoms with Crippen LogP contribution in [0.1, 0.15) is 36.5 Å². The highest BCUT2D eigenvalue weighted by atomic mass is 16.1. The van der Waals surface area contributed by atoms with Crippen LogP contribution in [0.2, 0.25) is 0 Å². The lowest BCUT2D eigenvalue weighted by molar-refractivity contribution is -0.115. The van der Waals surface area contributed by atoms with E-state index in [0.717, 1.165) is 16.8 Å². The zero-order chi connectivity index (χ0) is 14.5. The van der Waals surface area contributed by atoms with Gasteiger partial charge in [-0.3, -0.25) is 4.79 Å². The van der Waals surface area contributed by atoms with E-state index in [1.165, 1.54) is 5.56 Å². The average Bonchev–Trinajstić information content (AvgIpc) is 2.41. The number of nitrogens with one attached hydrogen (secondary N) is 1. The van der Waals surface area contributed by atoms with Crippen LogP contribution >= 0.6 is 0 Å². The number of hydrogen-bond acceptors (Lipinski definition) is 1. The normalized spacial score (nSPS) is 10.6. The largest absolute Gasteiger partial charge is 0.326 e. The van der Waals surface area contributed by atoms with Crippen molar-refractivity contribution >= 4 is 11.6 Å². The number of hydrogen-bond donors (Lipinski definition) is 1. The molecule has 20 heavy (non-hydrogen) atoms. The van der Waals surface area contributed by atoms with Gasteiger partial charge in [0.2, 0.25) is 5.91 Å². The van der Waals surface area contributed by atoms with E-state index in [1.807, 2.05) is 49.4 Å². The minimum atomic E-state index is 0.0346. The van der Waals surface area contributed by atoms with Crippen LogP contribution in [-0.4, -0.2) is 5.91 Å². The SMILES string of the molecule is Cc1ccccc1CC(=O)Nc1ccccc1C(C)C. The summed E-state index contributed by atoms with van der Waals surface area (Å²) in [5, 5.41) is 3.03. The third kappa shape index (κ3) is 3.47. The topological polar surface area (TPSA) is 29.1 Å². The lowest BCUT2D eigenvalue weighted by Crippen LogP contribution is -2.16. The van der Waals surface area contributed by atoms with Crippen molar-refractivity contribution in [1.29, 1.82) is 0 Å². The third-order valence-corrected chi connectivity index (χ3v) is 3.47. The first kappa shape index (κ1) is 14.3. The van der Waals surface area contributed by atoms with E-state index >= 15 is 0 Å². The van der Waals surface area contributed by atoms with E-state index in [4.69, 9.17) is 0 Å². The van der Waals surface area contributed by atoms with Crippen LogP contribution in [0, 0.1) is 6.92 Å². The summed E-state index contributed by atoms with van der Waals surface area (Å²) in [4.78, 5) is 12.2. The minimum absolute atomic E-state index is 0.0346. The molecule has 2 rings (SSSR count). The van der Waals surface area contributed by atoms with Gasteiger partial charge in [0.25, 0.3) is 0 Å². The van der Waals surface area contributed by atoms with E-state index in [0.29, 0.717) is 12.3 Å². The predicted octanol–water partition coefficient (Wildman–Crippen LogP) is 4.30. The molecule has 0 spiro atoms. The van der Waals surface area contributed by atoms with E-state index < -0.39 is 0 Å². The molecule has 0 saturated carbocycles. The van der Waals surface area contributed by atoms with Crippen molar-refractivity contribution < 1.29 is 4.79 Å². The van der Waals surface area contributed by atoms with Crippen molar-refractivity contribution in [3.05, 3.63) is 65.2 Å².